The molecule has 0 spiro atoms. The second-order valence-corrected chi connectivity index (χ2v) is 13.6. The molecule has 0 atom stereocenters. The Hall–Kier alpha value is -6.53. The Balaban J connectivity index is 1.19. The van der Waals surface area contributed by atoms with Crippen molar-refractivity contribution in [1.82, 2.24) is 23.8 Å². The molecule has 10 rings (SSSR count). The van der Waals surface area contributed by atoms with E-state index in [1.54, 1.807) is 0 Å². The third-order valence-corrected chi connectivity index (χ3v) is 10.5. The minimum atomic E-state index is 0.741. The minimum Gasteiger partial charge on any atom is -0.457 e. The summed E-state index contributed by atoms with van der Waals surface area (Å²) in [6, 6.07) is 32.3. The van der Waals surface area contributed by atoms with Crippen LogP contribution in [-0.4, -0.2) is 23.8 Å². The van der Waals surface area contributed by atoms with Crippen LogP contribution in [0, 0.1) is 27.7 Å². The Morgan fingerprint density at radius 2 is 1.06 bits per heavy atom. The number of hydrogen-bond donors (Lipinski definition) is 0. The fourth-order valence-corrected chi connectivity index (χ4v) is 8.30. The number of aromatic nitrogens is 5. The molecule has 0 aliphatic rings. The lowest BCUT2D eigenvalue weighted by atomic mass is 9.84. The first-order valence-electron chi connectivity index (χ1n) is 17.3. The zero-order chi connectivity index (χ0) is 34.4. The van der Waals surface area contributed by atoms with Crippen LogP contribution < -0.4 is 4.74 Å². The van der Waals surface area contributed by atoms with Crippen molar-refractivity contribution < 1.29 is 4.74 Å². The summed E-state index contributed by atoms with van der Waals surface area (Å²) in [5, 5.41) is 6.51. The van der Waals surface area contributed by atoms with Crippen molar-refractivity contribution in [2.75, 3.05) is 0 Å². The molecule has 0 saturated heterocycles. The number of fused-ring (bicyclic) bond motifs is 12. The quantitative estimate of drug-likeness (QED) is 0.176. The first-order valence-corrected chi connectivity index (χ1v) is 17.3. The molecule has 5 aromatic heterocycles. The van der Waals surface area contributed by atoms with E-state index in [1.165, 1.54) is 49.9 Å². The van der Waals surface area contributed by atoms with Gasteiger partial charge in [0.25, 0.3) is 0 Å². The lowest BCUT2D eigenvalue weighted by Gasteiger charge is -2.22. The van der Waals surface area contributed by atoms with Gasteiger partial charge in [-0.05, 0) is 120 Å². The lowest BCUT2D eigenvalue weighted by Crippen LogP contribution is -2.00. The van der Waals surface area contributed by atoms with Crippen molar-refractivity contribution in [3.8, 4) is 33.8 Å². The van der Waals surface area contributed by atoms with E-state index in [-0.39, 0.29) is 0 Å². The molecule has 0 saturated carbocycles. The van der Waals surface area contributed by atoms with E-state index >= 15 is 0 Å². The molecule has 5 heterocycles. The predicted octanol–water partition coefficient (Wildman–Crippen LogP) is 11.3. The average molecular weight is 660 g/mol. The molecule has 0 unspecified atom stereocenters. The Labute approximate surface area is 294 Å². The summed E-state index contributed by atoms with van der Waals surface area (Å²) in [7, 11) is 0. The Morgan fingerprint density at radius 3 is 1.73 bits per heavy atom. The number of rotatable bonds is 4. The molecule has 0 bridgehead atoms. The van der Waals surface area contributed by atoms with Crippen LogP contribution in [0.2, 0.25) is 0 Å². The SMILES string of the molecule is Cc1cccc(C)c1-c1ccc2c3ccc(Oc4ccc5c6cnccc6n6ccnc6c5c4)cc3c3nccn3c2c1-c1c(C)cccc1C. The van der Waals surface area contributed by atoms with E-state index in [1.807, 2.05) is 43.1 Å². The highest BCUT2D eigenvalue weighted by Gasteiger charge is 2.22. The third-order valence-electron chi connectivity index (χ3n) is 10.5. The molecule has 0 N–H and O–H groups in total. The second-order valence-electron chi connectivity index (χ2n) is 13.6. The molecular formula is C45H33N5O. The minimum absolute atomic E-state index is 0.741. The molecule has 0 aliphatic heterocycles. The number of pyridine rings is 3. The summed E-state index contributed by atoms with van der Waals surface area (Å²) in [5.74, 6) is 1.49. The summed E-state index contributed by atoms with van der Waals surface area (Å²) >= 11 is 0. The van der Waals surface area contributed by atoms with E-state index < -0.39 is 0 Å². The summed E-state index contributed by atoms with van der Waals surface area (Å²) in [6.07, 6.45) is 11.6. The van der Waals surface area contributed by atoms with E-state index in [0.29, 0.717) is 0 Å². The van der Waals surface area contributed by atoms with Crippen LogP contribution in [0.3, 0.4) is 0 Å². The summed E-state index contributed by atoms with van der Waals surface area (Å²) in [4.78, 5) is 14.0. The van der Waals surface area contributed by atoms with Gasteiger partial charge in [0.05, 0.1) is 11.0 Å². The molecule has 244 valence electrons. The van der Waals surface area contributed by atoms with Gasteiger partial charge in [-0.25, -0.2) is 9.97 Å². The van der Waals surface area contributed by atoms with Gasteiger partial charge < -0.3 is 4.74 Å². The average Bonchev–Trinajstić information content (AvgIpc) is 3.84. The number of hydrogen-bond acceptors (Lipinski definition) is 4. The van der Waals surface area contributed by atoms with E-state index in [9.17, 15) is 0 Å². The number of nitrogens with zero attached hydrogens (tertiary/aromatic N) is 5. The second kappa shape index (κ2) is 11.0. The summed E-state index contributed by atoms with van der Waals surface area (Å²) in [5.41, 5.74) is 14.0. The smallest absolute Gasteiger partial charge is 0.145 e. The molecule has 0 radical (unpaired) electrons. The van der Waals surface area contributed by atoms with E-state index in [4.69, 9.17) is 14.7 Å². The third kappa shape index (κ3) is 4.33. The Bertz CT molecular complexity index is 3020. The van der Waals surface area contributed by atoms with Gasteiger partial charge in [0, 0.05) is 64.3 Å². The number of aryl methyl sites for hydroxylation is 4. The maximum atomic E-state index is 6.61. The van der Waals surface area contributed by atoms with Crippen molar-refractivity contribution in [2.45, 2.75) is 27.7 Å². The van der Waals surface area contributed by atoms with Crippen LogP contribution in [0.1, 0.15) is 22.3 Å². The van der Waals surface area contributed by atoms with Crippen molar-refractivity contribution in [2.24, 2.45) is 0 Å². The van der Waals surface area contributed by atoms with Crippen LogP contribution >= 0.6 is 0 Å². The number of benzene rings is 5. The van der Waals surface area contributed by atoms with Crippen LogP contribution in [0.25, 0.3) is 76.9 Å². The molecule has 5 aromatic carbocycles. The first kappa shape index (κ1) is 29.4. The monoisotopic (exact) mass is 659 g/mol. The molecule has 0 aliphatic carbocycles. The maximum absolute atomic E-state index is 6.61. The van der Waals surface area contributed by atoms with E-state index in [2.05, 4.69) is 127 Å². The van der Waals surface area contributed by atoms with Gasteiger partial charge in [-0.1, -0.05) is 48.5 Å². The highest BCUT2D eigenvalue weighted by molar-refractivity contribution is 6.18. The molecule has 0 fully saturated rings. The lowest BCUT2D eigenvalue weighted by molar-refractivity contribution is 0.484. The number of imidazole rings is 2. The fraction of sp³-hybridized carbons (Fsp3) is 0.0889. The fourth-order valence-electron chi connectivity index (χ4n) is 8.30. The highest BCUT2D eigenvalue weighted by Crippen LogP contribution is 2.45. The molecule has 6 heteroatoms. The van der Waals surface area contributed by atoms with E-state index in [0.717, 1.165) is 60.8 Å². The predicted molar refractivity (Wildman–Crippen MR) is 208 cm³/mol. The van der Waals surface area contributed by atoms with Gasteiger partial charge in [-0.2, -0.15) is 0 Å². The van der Waals surface area contributed by atoms with Crippen molar-refractivity contribution in [3.63, 3.8) is 0 Å². The number of ether oxygens (including phenoxy) is 1. The van der Waals surface area contributed by atoms with Gasteiger partial charge in [-0.3, -0.25) is 13.8 Å². The Morgan fingerprint density at radius 1 is 0.490 bits per heavy atom. The van der Waals surface area contributed by atoms with Gasteiger partial charge >= 0.3 is 0 Å². The van der Waals surface area contributed by atoms with Crippen molar-refractivity contribution in [3.05, 3.63) is 150 Å². The summed E-state index contributed by atoms with van der Waals surface area (Å²) < 4.78 is 11.0. The maximum Gasteiger partial charge on any atom is 0.145 e. The zero-order valence-corrected chi connectivity index (χ0v) is 28.8. The topological polar surface area (TPSA) is 56.7 Å². The Kier molecular flexibility index (Phi) is 6.33. The van der Waals surface area contributed by atoms with Gasteiger partial charge in [0.2, 0.25) is 0 Å². The van der Waals surface area contributed by atoms with Gasteiger partial charge in [0.1, 0.15) is 22.8 Å². The van der Waals surface area contributed by atoms with Crippen LogP contribution in [-0.2, 0) is 0 Å². The highest BCUT2D eigenvalue weighted by atomic mass is 16.5. The molecule has 6 nitrogen and oxygen atoms in total. The molecule has 10 aromatic rings. The van der Waals surface area contributed by atoms with Crippen LogP contribution in [0.15, 0.2) is 128 Å². The summed E-state index contributed by atoms with van der Waals surface area (Å²) in [6.45, 7) is 8.86. The largest absolute Gasteiger partial charge is 0.457 e. The first-order chi connectivity index (χ1) is 25.0. The van der Waals surface area contributed by atoms with Crippen LogP contribution in [0.4, 0.5) is 0 Å². The van der Waals surface area contributed by atoms with Crippen molar-refractivity contribution >= 4 is 54.6 Å². The molecule has 0 amide bonds. The van der Waals surface area contributed by atoms with Crippen molar-refractivity contribution in [1.29, 1.82) is 0 Å². The van der Waals surface area contributed by atoms with Gasteiger partial charge in [-0.15, -0.1) is 0 Å². The van der Waals surface area contributed by atoms with Crippen LogP contribution in [0.5, 0.6) is 11.5 Å². The molecule has 51 heavy (non-hydrogen) atoms. The molecular weight excluding hydrogens is 627 g/mol. The zero-order valence-electron chi connectivity index (χ0n) is 28.8. The van der Waals surface area contributed by atoms with Gasteiger partial charge in [0.15, 0.2) is 0 Å². The normalized spacial score (nSPS) is 11.9. The standard InChI is InChI=1S/C45H33N5O/c1-26-7-5-8-27(2)40(26)35-16-15-34-32-13-11-30(23-36(32)45-48-20-22-50(45)43(34)42(35)41-28(3)9-6-10-29(41)4)51-31-12-14-33-37(24-31)44-47-19-21-49(44)39-17-18-46-25-38(33)39/h5-25H,1-4H3.